The zero-order chi connectivity index (χ0) is 13.8. The van der Waals surface area contributed by atoms with Crippen LogP contribution in [0.1, 0.15) is 25.2 Å². The van der Waals surface area contributed by atoms with Crippen LogP contribution < -0.4 is 4.74 Å². The van der Waals surface area contributed by atoms with Gasteiger partial charge in [-0.15, -0.1) is 0 Å². The number of ether oxygens (including phenoxy) is 1. The van der Waals surface area contributed by atoms with E-state index < -0.39 is 0 Å². The number of hydrogen-bond acceptors (Lipinski definition) is 2. The standard InChI is InChI=1S/C14H16Br2N2O/c1-3-11-14(16)12(18(4-2)17-11)9-19-13-8-6-5-7-10(13)15/h5-8H,3-4,9H2,1-2H3. The Morgan fingerprint density at radius 1 is 1.21 bits per heavy atom. The third-order valence-electron chi connectivity index (χ3n) is 2.90. The molecule has 0 bridgehead atoms. The van der Waals surface area contributed by atoms with Crippen molar-refractivity contribution in [2.75, 3.05) is 0 Å². The summed E-state index contributed by atoms with van der Waals surface area (Å²) in [6.45, 7) is 5.53. The predicted molar refractivity (Wildman–Crippen MR) is 83.5 cm³/mol. The van der Waals surface area contributed by atoms with Gasteiger partial charge in [-0.3, -0.25) is 4.68 Å². The first-order chi connectivity index (χ1) is 9.17. The Balaban J connectivity index is 2.20. The molecule has 0 aliphatic carbocycles. The zero-order valence-electron chi connectivity index (χ0n) is 11.0. The van der Waals surface area contributed by atoms with Gasteiger partial charge in [0.2, 0.25) is 0 Å². The minimum atomic E-state index is 0.504. The molecule has 0 saturated carbocycles. The molecular formula is C14H16Br2N2O. The Morgan fingerprint density at radius 3 is 2.58 bits per heavy atom. The lowest BCUT2D eigenvalue weighted by Gasteiger charge is -2.09. The third kappa shape index (κ3) is 3.20. The molecule has 102 valence electrons. The van der Waals surface area contributed by atoms with Crippen molar-refractivity contribution in [3.63, 3.8) is 0 Å². The number of aryl methyl sites for hydroxylation is 2. The maximum atomic E-state index is 5.87. The fraction of sp³-hybridized carbons (Fsp3) is 0.357. The lowest BCUT2D eigenvalue weighted by atomic mass is 10.3. The van der Waals surface area contributed by atoms with Crippen molar-refractivity contribution < 1.29 is 4.74 Å². The van der Waals surface area contributed by atoms with Crippen molar-refractivity contribution in [3.8, 4) is 5.75 Å². The monoisotopic (exact) mass is 386 g/mol. The fourth-order valence-electron chi connectivity index (χ4n) is 1.86. The van der Waals surface area contributed by atoms with Crippen LogP contribution in [-0.4, -0.2) is 9.78 Å². The Hall–Kier alpha value is -0.810. The van der Waals surface area contributed by atoms with Gasteiger partial charge in [-0.25, -0.2) is 0 Å². The summed E-state index contributed by atoms with van der Waals surface area (Å²) in [7, 11) is 0. The van der Waals surface area contributed by atoms with Crippen molar-refractivity contribution in [3.05, 3.63) is 44.6 Å². The van der Waals surface area contributed by atoms with Crippen molar-refractivity contribution in [1.82, 2.24) is 9.78 Å². The van der Waals surface area contributed by atoms with Gasteiger partial charge in [0.05, 0.1) is 20.3 Å². The first kappa shape index (κ1) is 14.6. The van der Waals surface area contributed by atoms with E-state index in [0.717, 1.165) is 39.0 Å². The largest absolute Gasteiger partial charge is 0.486 e. The van der Waals surface area contributed by atoms with E-state index in [0.29, 0.717) is 6.61 Å². The van der Waals surface area contributed by atoms with E-state index in [1.165, 1.54) is 0 Å². The van der Waals surface area contributed by atoms with Gasteiger partial charge < -0.3 is 4.74 Å². The molecule has 19 heavy (non-hydrogen) atoms. The van der Waals surface area contributed by atoms with Crippen molar-refractivity contribution in [2.24, 2.45) is 0 Å². The molecule has 2 aromatic rings. The summed E-state index contributed by atoms with van der Waals surface area (Å²) in [4.78, 5) is 0. The van der Waals surface area contributed by atoms with E-state index in [1.807, 2.05) is 28.9 Å². The van der Waals surface area contributed by atoms with E-state index in [4.69, 9.17) is 4.74 Å². The summed E-state index contributed by atoms with van der Waals surface area (Å²) in [6, 6.07) is 7.85. The molecule has 0 spiro atoms. The highest BCUT2D eigenvalue weighted by molar-refractivity contribution is 9.10. The van der Waals surface area contributed by atoms with Crippen LogP contribution in [-0.2, 0) is 19.6 Å². The number of para-hydroxylation sites is 1. The smallest absolute Gasteiger partial charge is 0.134 e. The Morgan fingerprint density at radius 2 is 1.95 bits per heavy atom. The fourth-order valence-corrected chi connectivity index (χ4v) is 2.94. The van der Waals surface area contributed by atoms with Gasteiger partial charge in [0.1, 0.15) is 12.4 Å². The quantitative estimate of drug-likeness (QED) is 0.751. The molecule has 0 atom stereocenters. The first-order valence-electron chi connectivity index (χ1n) is 6.28. The molecule has 0 saturated heterocycles. The Labute approximate surface area is 130 Å². The second-order valence-corrected chi connectivity index (χ2v) is 5.74. The number of aromatic nitrogens is 2. The van der Waals surface area contributed by atoms with Crippen LogP contribution in [0.2, 0.25) is 0 Å². The van der Waals surface area contributed by atoms with Gasteiger partial charge in [0, 0.05) is 6.54 Å². The molecule has 1 heterocycles. The van der Waals surface area contributed by atoms with Gasteiger partial charge in [-0.1, -0.05) is 19.1 Å². The molecule has 5 heteroatoms. The average molecular weight is 388 g/mol. The second-order valence-electron chi connectivity index (χ2n) is 4.10. The molecular weight excluding hydrogens is 372 g/mol. The van der Waals surface area contributed by atoms with Crippen molar-refractivity contribution >= 4 is 31.9 Å². The molecule has 1 aromatic carbocycles. The number of benzene rings is 1. The average Bonchev–Trinajstić information content (AvgIpc) is 2.74. The summed E-state index contributed by atoms with van der Waals surface area (Å²) < 4.78 is 9.87. The van der Waals surface area contributed by atoms with E-state index in [9.17, 15) is 0 Å². The van der Waals surface area contributed by atoms with Crippen LogP contribution in [0.5, 0.6) is 5.75 Å². The van der Waals surface area contributed by atoms with Crippen LogP contribution in [0.3, 0.4) is 0 Å². The van der Waals surface area contributed by atoms with Crippen LogP contribution in [0.4, 0.5) is 0 Å². The molecule has 0 unspecified atom stereocenters. The first-order valence-corrected chi connectivity index (χ1v) is 7.87. The number of nitrogens with zero attached hydrogens (tertiary/aromatic N) is 2. The van der Waals surface area contributed by atoms with Crippen LogP contribution >= 0.6 is 31.9 Å². The highest BCUT2D eigenvalue weighted by Gasteiger charge is 2.14. The normalized spacial score (nSPS) is 10.7. The zero-order valence-corrected chi connectivity index (χ0v) is 14.2. The third-order valence-corrected chi connectivity index (χ3v) is 4.47. The molecule has 2 rings (SSSR count). The summed E-state index contributed by atoms with van der Waals surface area (Å²) in [5.74, 6) is 0.844. The minimum Gasteiger partial charge on any atom is -0.486 e. The molecule has 0 N–H and O–H groups in total. The maximum Gasteiger partial charge on any atom is 0.134 e. The molecule has 0 radical (unpaired) electrons. The minimum absolute atomic E-state index is 0.504. The van der Waals surface area contributed by atoms with Gasteiger partial charge in [0.15, 0.2) is 0 Å². The van der Waals surface area contributed by atoms with E-state index in [2.05, 4.69) is 50.8 Å². The van der Waals surface area contributed by atoms with E-state index in [1.54, 1.807) is 0 Å². The lowest BCUT2D eigenvalue weighted by molar-refractivity contribution is 0.290. The van der Waals surface area contributed by atoms with Crippen LogP contribution in [0, 0.1) is 0 Å². The molecule has 1 aromatic heterocycles. The van der Waals surface area contributed by atoms with E-state index in [-0.39, 0.29) is 0 Å². The van der Waals surface area contributed by atoms with Gasteiger partial charge in [0.25, 0.3) is 0 Å². The number of hydrogen-bond donors (Lipinski definition) is 0. The number of rotatable bonds is 5. The van der Waals surface area contributed by atoms with Gasteiger partial charge >= 0.3 is 0 Å². The molecule has 0 aliphatic heterocycles. The summed E-state index contributed by atoms with van der Waals surface area (Å²) >= 11 is 7.10. The van der Waals surface area contributed by atoms with Gasteiger partial charge in [-0.05, 0) is 57.3 Å². The summed E-state index contributed by atoms with van der Waals surface area (Å²) in [5, 5.41) is 4.56. The lowest BCUT2D eigenvalue weighted by Crippen LogP contribution is -2.06. The van der Waals surface area contributed by atoms with Crippen LogP contribution in [0.15, 0.2) is 33.2 Å². The molecule has 3 nitrogen and oxygen atoms in total. The van der Waals surface area contributed by atoms with Crippen molar-refractivity contribution in [2.45, 2.75) is 33.4 Å². The topological polar surface area (TPSA) is 27.1 Å². The second kappa shape index (κ2) is 6.57. The number of halogens is 2. The summed E-state index contributed by atoms with van der Waals surface area (Å²) in [5.41, 5.74) is 2.16. The molecule has 0 fully saturated rings. The Bertz CT molecular complexity index is 567. The SMILES string of the molecule is CCc1nn(CC)c(COc2ccccc2Br)c1Br. The summed E-state index contributed by atoms with van der Waals surface area (Å²) in [6.07, 6.45) is 0.912. The van der Waals surface area contributed by atoms with Crippen molar-refractivity contribution in [1.29, 1.82) is 0 Å². The van der Waals surface area contributed by atoms with Crippen LogP contribution in [0.25, 0.3) is 0 Å². The van der Waals surface area contributed by atoms with Gasteiger partial charge in [-0.2, -0.15) is 5.10 Å². The maximum absolute atomic E-state index is 5.87. The molecule has 0 aliphatic rings. The predicted octanol–water partition coefficient (Wildman–Crippen LogP) is 4.57. The van der Waals surface area contributed by atoms with E-state index >= 15 is 0 Å². The highest BCUT2D eigenvalue weighted by atomic mass is 79.9. The molecule has 0 amide bonds. The highest BCUT2D eigenvalue weighted by Crippen LogP contribution is 2.27. The Kier molecular flexibility index (Phi) is 5.05.